The number of pyridine rings is 1. The van der Waals surface area contributed by atoms with Crippen LogP contribution in [0.1, 0.15) is 34.7 Å². The number of hydrogen-bond acceptors (Lipinski definition) is 6. The van der Waals surface area contributed by atoms with Crippen molar-refractivity contribution in [2.75, 3.05) is 14.2 Å². The summed E-state index contributed by atoms with van der Waals surface area (Å²) < 4.78 is 13.6. The first-order chi connectivity index (χ1) is 17.2. The molecule has 35 heavy (non-hydrogen) atoms. The molecular weight excluding hydrogens is 458 g/mol. The summed E-state index contributed by atoms with van der Waals surface area (Å²) in [5.41, 5.74) is 6.42. The van der Waals surface area contributed by atoms with Crippen LogP contribution < -0.4 is 24.4 Å². The zero-order valence-electron chi connectivity index (χ0n) is 19.4. The second-order valence-corrected chi connectivity index (χ2v) is 9.52. The molecule has 0 amide bonds. The fourth-order valence-electron chi connectivity index (χ4n) is 4.96. The van der Waals surface area contributed by atoms with Crippen molar-refractivity contribution in [3.05, 3.63) is 115 Å². The van der Waals surface area contributed by atoms with Crippen molar-refractivity contribution in [3.63, 3.8) is 0 Å². The Morgan fingerprint density at radius 2 is 1.80 bits per heavy atom. The lowest BCUT2D eigenvalue weighted by Gasteiger charge is -2.31. The van der Waals surface area contributed by atoms with Gasteiger partial charge in [-0.25, -0.2) is 4.99 Å². The molecule has 1 aliphatic heterocycles. The molecule has 0 radical (unpaired) electrons. The van der Waals surface area contributed by atoms with Gasteiger partial charge in [-0.2, -0.15) is 0 Å². The number of allylic oxidation sites excluding steroid dienone is 1. The molecule has 174 valence electrons. The third-order valence-corrected chi connectivity index (χ3v) is 7.58. The van der Waals surface area contributed by atoms with E-state index in [-0.39, 0.29) is 11.6 Å². The van der Waals surface area contributed by atoms with E-state index in [9.17, 15) is 4.79 Å². The first kappa shape index (κ1) is 21.6. The summed E-state index contributed by atoms with van der Waals surface area (Å²) in [6.45, 7) is 0. The molecule has 0 N–H and O–H groups in total. The molecule has 7 heteroatoms. The molecule has 2 aliphatic rings. The van der Waals surface area contributed by atoms with E-state index in [0.29, 0.717) is 20.8 Å². The van der Waals surface area contributed by atoms with Gasteiger partial charge in [-0.15, -0.1) is 0 Å². The van der Waals surface area contributed by atoms with Crippen LogP contribution in [-0.4, -0.2) is 23.8 Å². The first-order valence-electron chi connectivity index (χ1n) is 11.4. The Morgan fingerprint density at radius 1 is 1.00 bits per heavy atom. The average molecular weight is 482 g/mol. The Labute approximate surface area is 206 Å². The van der Waals surface area contributed by atoms with E-state index < -0.39 is 0 Å². The van der Waals surface area contributed by atoms with Crippen LogP contribution in [-0.2, 0) is 6.42 Å². The minimum Gasteiger partial charge on any atom is -0.493 e. The van der Waals surface area contributed by atoms with Gasteiger partial charge in [-0.3, -0.25) is 14.3 Å². The van der Waals surface area contributed by atoms with Crippen LogP contribution in [0.2, 0.25) is 0 Å². The van der Waals surface area contributed by atoms with Gasteiger partial charge in [0.05, 0.1) is 30.5 Å². The molecule has 0 saturated carbocycles. The average Bonchev–Trinajstić information content (AvgIpc) is 3.21. The minimum absolute atomic E-state index is 0.0456. The fourth-order valence-corrected chi connectivity index (χ4v) is 5.96. The van der Waals surface area contributed by atoms with E-state index in [2.05, 4.69) is 29.2 Å². The molecule has 0 fully saturated rings. The highest BCUT2D eigenvalue weighted by Gasteiger charge is 2.33. The van der Waals surface area contributed by atoms with Crippen molar-refractivity contribution < 1.29 is 9.47 Å². The standard InChI is InChI=1S/C28H23N3O3S/c1-33-22-10-8-19(16-23(22)34-2)26-21-9-7-18-5-3-4-6-20(18)25(21)30-28-31(26)27(32)24(35-28)15-17-11-13-29-14-12-17/h3-6,8,10-16,26H,7,9H2,1-2H3/b24-15+/t26-/m1/s1. The molecule has 1 atom stereocenters. The highest BCUT2D eigenvalue weighted by Crippen LogP contribution is 2.42. The molecule has 6 rings (SSSR count). The molecule has 6 nitrogen and oxygen atoms in total. The quantitative estimate of drug-likeness (QED) is 0.446. The van der Waals surface area contributed by atoms with Gasteiger partial charge in [0.25, 0.3) is 5.56 Å². The molecule has 0 bridgehead atoms. The predicted octanol–water partition coefficient (Wildman–Crippen LogP) is 3.73. The summed E-state index contributed by atoms with van der Waals surface area (Å²) in [7, 11) is 3.25. The zero-order valence-corrected chi connectivity index (χ0v) is 20.2. The Morgan fingerprint density at radius 3 is 2.60 bits per heavy atom. The summed E-state index contributed by atoms with van der Waals surface area (Å²) in [6, 6.07) is 17.8. The second-order valence-electron chi connectivity index (χ2n) is 8.51. The van der Waals surface area contributed by atoms with Crippen LogP contribution in [0.3, 0.4) is 0 Å². The van der Waals surface area contributed by atoms with Crippen molar-refractivity contribution in [2.24, 2.45) is 4.99 Å². The molecule has 2 aromatic heterocycles. The summed E-state index contributed by atoms with van der Waals surface area (Å²) in [5, 5.41) is 0. The maximum Gasteiger partial charge on any atom is 0.271 e. The Hall–Kier alpha value is -3.97. The smallest absolute Gasteiger partial charge is 0.271 e. The number of ether oxygens (including phenoxy) is 2. The van der Waals surface area contributed by atoms with E-state index in [1.54, 1.807) is 26.6 Å². The van der Waals surface area contributed by atoms with Gasteiger partial charge >= 0.3 is 0 Å². The highest BCUT2D eigenvalue weighted by molar-refractivity contribution is 7.07. The van der Waals surface area contributed by atoms with Crippen molar-refractivity contribution in [3.8, 4) is 11.5 Å². The monoisotopic (exact) mass is 481 g/mol. The number of rotatable bonds is 4. The number of thiazole rings is 1. The van der Waals surface area contributed by atoms with Gasteiger partial charge in [0.2, 0.25) is 0 Å². The molecule has 0 saturated heterocycles. The summed E-state index contributed by atoms with van der Waals surface area (Å²) in [6.07, 6.45) is 7.11. The van der Waals surface area contributed by atoms with E-state index in [4.69, 9.17) is 14.5 Å². The van der Waals surface area contributed by atoms with E-state index >= 15 is 0 Å². The van der Waals surface area contributed by atoms with E-state index in [1.165, 1.54) is 16.9 Å². The van der Waals surface area contributed by atoms with Crippen LogP contribution in [0.25, 0.3) is 11.8 Å². The number of benzene rings is 2. The number of methoxy groups -OCH3 is 2. The summed E-state index contributed by atoms with van der Waals surface area (Å²) in [4.78, 5) is 23.6. The fraction of sp³-hybridized carbons (Fsp3) is 0.179. The van der Waals surface area contributed by atoms with Crippen molar-refractivity contribution >= 4 is 23.1 Å². The second kappa shape index (κ2) is 8.67. The topological polar surface area (TPSA) is 65.7 Å². The molecule has 2 aromatic carbocycles. The van der Waals surface area contributed by atoms with Crippen LogP contribution in [0.5, 0.6) is 11.5 Å². The van der Waals surface area contributed by atoms with E-state index in [1.807, 2.05) is 41.0 Å². The van der Waals surface area contributed by atoms with Crippen molar-refractivity contribution in [2.45, 2.75) is 18.9 Å². The lowest BCUT2D eigenvalue weighted by atomic mass is 9.83. The SMILES string of the molecule is COc1ccc([C@@H]2C3=C(N=c4s/c(=C/c5ccncc5)c(=O)n42)c2ccccc2CC3)cc1OC. The lowest BCUT2D eigenvalue weighted by Crippen LogP contribution is -2.38. The van der Waals surface area contributed by atoms with Crippen molar-refractivity contribution in [1.82, 2.24) is 9.55 Å². The Bertz CT molecular complexity index is 1650. The largest absolute Gasteiger partial charge is 0.493 e. The third-order valence-electron chi connectivity index (χ3n) is 6.60. The van der Waals surface area contributed by atoms with Gasteiger partial charge in [0.15, 0.2) is 16.3 Å². The van der Waals surface area contributed by atoms with Gasteiger partial charge in [0, 0.05) is 18.0 Å². The number of aromatic nitrogens is 2. The molecule has 1 aliphatic carbocycles. The predicted molar refractivity (Wildman–Crippen MR) is 137 cm³/mol. The third kappa shape index (κ3) is 3.59. The zero-order chi connectivity index (χ0) is 23.9. The molecule has 0 spiro atoms. The molecular formula is C28H23N3O3S. The number of fused-ring (bicyclic) bond motifs is 3. The van der Waals surface area contributed by atoms with Gasteiger partial charge in [0.1, 0.15) is 0 Å². The molecule has 3 heterocycles. The molecule has 0 unspecified atom stereocenters. The van der Waals surface area contributed by atoms with Crippen LogP contribution in [0, 0.1) is 0 Å². The van der Waals surface area contributed by atoms with Crippen LogP contribution in [0.15, 0.2) is 82.4 Å². The Kier molecular flexibility index (Phi) is 5.34. The maximum absolute atomic E-state index is 13.8. The minimum atomic E-state index is -0.269. The van der Waals surface area contributed by atoms with Crippen LogP contribution >= 0.6 is 11.3 Å². The number of nitrogens with zero attached hydrogens (tertiary/aromatic N) is 3. The highest BCUT2D eigenvalue weighted by atomic mass is 32.1. The van der Waals surface area contributed by atoms with Gasteiger partial charge in [-0.05, 0) is 65.4 Å². The Balaban J connectivity index is 1.63. The van der Waals surface area contributed by atoms with Gasteiger partial charge in [-0.1, -0.05) is 41.7 Å². The lowest BCUT2D eigenvalue weighted by molar-refractivity contribution is 0.354. The van der Waals surface area contributed by atoms with Crippen molar-refractivity contribution in [1.29, 1.82) is 0 Å². The summed E-state index contributed by atoms with van der Waals surface area (Å²) in [5.74, 6) is 1.30. The normalized spacial score (nSPS) is 16.7. The maximum atomic E-state index is 13.8. The van der Waals surface area contributed by atoms with E-state index in [0.717, 1.165) is 40.8 Å². The number of hydrogen-bond donors (Lipinski definition) is 0. The first-order valence-corrected chi connectivity index (χ1v) is 12.2. The number of aryl methyl sites for hydroxylation is 1. The molecule has 4 aromatic rings. The van der Waals surface area contributed by atoms with Gasteiger partial charge < -0.3 is 9.47 Å². The summed E-state index contributed by atoms with van der Waals surface area (Å²) >= 11 is 1.42. The van der Waals surface area contributed by atoms with Crippen LogP contribution in [0.4, 0.5) is 0 Å².